The summed E-state index contributed by atoms with van der Waals surface area (Å²) in [5.74, 6) is -0.146. The molecule has 0 N–H and O–H groups in total. The molecule has 0 aromatic heterocycles. The Hall–Kier alpha value is -2.88. The lowest BCUT2D eigenvalue weighted by atomic mass is 10.1. The molecule has 4 rings (SSSR count). The largest absolute Gasteiger partial charge is 0.333 e. The van der Waals surface area contributed by atoms with Gasteiger partial charge in [-0.2, -0.15) is 0 Å². The molecule has 132 valence electrons. The Labute approximate surface area is 153 Å². The molecule has 2 aliphatic heterocycles. The van der Waals surface area contributed by atoms with Crippen LogP contribution in [0.5, 0.6) is 0 Å². The SMILES string of the molecule is CC(C)N1/C(=C2\C(=O)c3ccccc3N2C(C)C)C(=O)c2ccccc21. The highest BCUT2D eigenvalue weighted by molar-refractivity contribution is 6.28. The highest BCUT2D eigenvalue weighted by Gasteiger charge is 2.43. The van der Waals surface area contributed by atoms with Crippen molar-refractivity contribution in [2.45, 2.75) is 39.8 Å². The maximum Gasteiger partial charge on any atom is 0.213 e. The summed E-state index contributed by atoms with van der Waals surface area (Å²) in [4.78, 5) is 30.6. The normalized spacial score (nSPS) is 19.0. The fraction of sp³-hybridized carbons (Fsp3) is 0.273. The van der Waals surface area contributed by atoms with E-state index in [2.05, 4.69) is 0 Å². The van der Waals surface area contributed by atoms with E-state index in [0.717, 1.165) is 11.4 Å². The van der Waals surface area contributed by atoms with E-state index in [1.54, 1.807) is 0 Å². The van der Waals surface area contributed by atoms with Crippen molar-refractivity contribution in [2.75, 3.05) is 9.80 Å². The molecule has 0 saturated heterocycles. The van der Waals surface area contributed by atoms with E-state index in [9.17, 15) is 9.59 Å². The van der Waals surface area contributed by atoms with Crippen LogP contribution in [0.1, 0.15) is 48.4 Å². The summed E-state index contributed by atoms with van der Waals surface area (Å²) in [5, 5.41) is 0. The molecule has 2 aromatic carbocycles. The second-order valence-corrected chi connectivity index (χ2v) is 7.32. The van der Waals surface area contributed by atoms with Crippen LogP contribution in [0.3, 0.4) is 0 Å². The van der Waals surface area contributed by atoms with Gasteiger partial charge in [-0.05, 0) is 52.0 Å². The third-order valence-electron chi connectivity index (χ3n) is 4.99. The molecule has 4 nitrogen and oxygen atoms in total. The molecule has 0 amide bonds. The number of carbonyl (C=O) groups excluding carboxylic acids is 2. The molecule has 0 atom stereocenters. The lowest BCUT2D eigenvalue weighted by Crippen LogP contribution is -2.36. The first-order chi connectivity index (χ1) is 12.4. The Balaban J connectivity index is 2.01. The second-order valence-electron chi connectivity index (χ2n) is 7.32. The Morgan fingerprint density at radius 2 is 0.962 bits per heavy atom. The molecule has 2 aliphatic rings. The fourth-order valence-electron chi connectivity index (χ4n) is 3.98. The van der Waals surface area contributed by atoms with E-state index in [1.807, 2.05) is 86.0 Å². The lowest BCUT2D eigenvalue weighted by Gasteiger charge is -2.31. The number of hydrogen-bond donors (Lipinski definition) is 0. The van der Waals surface area contributed by atoms with Crippen molar-refractivity contribution in [3.05, 3.63) is 71.1 Å². The number of Topliss-reactive ketones (excluding diaryl/α,β-unsaturated/α-hetero) is 2. The monoisotopic (exact) mass is 346 g/mol. The number of rotatable bonds is 2. The molecule has 0 fully saturated rings. The van der Waals surface area contributed by atoms with E-state index in [-0.39, 0.29) is 23.7 Å². The van der Waals surface area contributed by atoms with Crippen LogP contribution in [0.4, 0.5) is 11.4 Å². The Kier molecular flexibility index (Phi) is 3.72. The van der Waals surface area contributed by atoms with Crippen LogP contribution in [-0.2, 0) is 0 Å². The van der Waals surface area contributed by atoms with Crippen LogP contribution in [0.25, 0.3) is 0 Å². The predicted octanol–water partition coefficient (Wildman–Crippen LogP) is 4.42. The number of ketones is 2. The third-order valence-corrected chi connectivity index (χ3v) is 4.99. The van der Waals surface area contributed by atoms with Crippen LogP contribution >= 0.6 is 0 Å². The number of para-hydroxylation sites is 2. The second kappa shape index (κ2) is 5.84. The zero-order chi connectivity index (χ0) is 18.6. The zero-order valence-corrected chi connectivity index (χ0v) is 15.5. The third kappa shape index (κ3) is 2.15. The molecule has 0 unspecified atom stereocenters. The number of benzene rings is 2. The zero-order valence-electron chi connectivity index (χ0n) is 15.5. The molecular weight excluding hydrogens is 324 g/mol. The van der Waals surface area contributed by atoms with Gasteiger partial charge in [-0.15, -0.1) is 0 Å². The van der Waals surface area contributed by atoms with Gasteiger partial charge in [-0.25, -0.2) is 0 Å². The smallest absolute Gasteiger partial charge is 0.213 e. The summed E-state index contributed by atoms with van der Waals surface area (Å²) < 4.78 is 0. The van der Waals surface area contributed by atoms with Gasteiger partial charge in [0.25, 0.3) is 0 Å². The van der Waals surface area contributed by atoms with E-state index in [4.69, 9.17) is 0 Å². The molecule has 2 heterocycles. The molecular formula is C22H22N2O2. The van der Waals surface area contributed by atoms with Crippen molar-refractivity contribution in [2.24, 2.45) is 0 Å². The Morgan fingerprint density at radius 3 is 1.31 bits per heavy atom. The van der Waals surface area contributed by atoms with Gasteiger partial charge < -0.3 is 9.80 Å². The average Bonchev–Trinajstić information content (AvgIpc) is 3.07. The maximum absolute atomic E-state index is 13.3. The van der Waals surface area contributed by atoms with E-state index < -0.39 is 0 Å². The fourth-order valence-corrected chi connectivity index (χ4v) is 3.98. The van der Waals surface area contributed by atoms with Gasteiger partial charge in [0.2, 0.25) is 11.6 Å². The number of hydrogen-bond acceptors (Lipinski definition) is 4. The summed E-state index contributed by atoms with van der Waals surface area (Å²) in [7, 11) is 0. The van der Waals surface area contributed by atoms with Crippen molar-refractivity contribution in [3.8, 4) is 0 Å². The van der Waals surface area contributed by atoms with Crippen molar-refractivity contribution in [1.82, 2.24) is 0 Å². The molecule has 0 saturated carbocycles. The van der Waals surface area contributed by atoms with Gasteiger partial charge in [-0.3, -0.25) is 9.59 Å². The topological polar surface area (TPSA) is 40.6 Å². The predicted molar refractivity (Wildman–Crippen MR) is 104 cm³/mol. The van der Waals surface area contributed by atoms with E-state index >= 15 is 0 Å². The number of allylic oxidation sites excluding steroid dienone is 2. The minimum atomic E-state index is -0.0730. The minimum Gasteiger partial charge on any atom is -0.333 e. The first-order valence-corrected chi connectivity index (χ1v) is 9.03. The van der Waals surface area contributed by atoms with Gasteiger partial charge in [0, 0.05) is 23.2 Å². The number of carbonyl (C=O) groups is 2. The summed E-state index contributed by atoms with van der Waals surface area (Å²) in [5.41, 5.74) is 4.07. The standard InChI is InChI=1S/C22H22N2O2/c1-13(2)23-17-11-7-5-9-15(17)21(25)19(23)20-22(26)16-10-6-8-12-18(16)24(20)14(3)4/h5-14H,1-4H3/b20-19+. The molecule has 4 heteroatoms. The number of fused-ring (bicyclic) bond motifs is 2. The Bertz CT molecular complexity index is 879. The van der Waals surface area contributed by atoms with Crippen molar-refractivity contribution >= 4 is 22.9 Å². The maximum atomic E-state index is 13.3. The van der Waals surface area contributed by atoms with Crippen LogP contribution in [0, 0.1) is 0 Å². The lowest BCUT2D eigenvalue weighted by molar-refractivity contribution is 0.100. The first-order valence-electron chi connectivity index (χ1n) is 9.03. The summed E-state index contributed by atoms with van der Waals surface area (Å²) in [6.45, 7) is 8.18. The van der Waals surface area contributed by atoms with Crippen LogP contribution < -0.4 is 9.80 Å². The highest BCUT2D eigenvalue weighted by atomic mass is 16.1. The van der Waals surface area contributed by atoms with Crippen LogP contribution in [0.2, 0.25) is 0 Å². The van der Waals surface area contributed by atoms with Crippen molar-refractivity contribution < 1.29 is 9.59 Å². The number of anilines is 2. The van der Waals surface area contributed by atoms with E-state index in [0.29, 0.717) is 22.5 Å². The number of nitrogens with zero attached hydrogens (tertiary/aromatic N) is 2. The first kappa shape index (κ1) is 16.6. The van der Waals surface area contributed by atoms with Gasteiger partial charge >= 0.3 is 0 Å². The van der Waals surface area contributed by atoms with Crippen molar-refractivity contribution in [1.29, 1.82) is 0 Å². The van der Waals surface area contributed by atoms with Crippen LogP contribution in [0.15, 0.2) is 59.9 Å². The molecule has 0 aliphatic carbocycles. The molecule has 0 bridgehead atoms. The molecule has 0 spiro atoms. The van der Waals surface area contributed by atoms with Crippen molar-refractivity contribution in [3.63, 3.8) is 0 Å². The molecule has 2 aromatic rings. The highest BCUT2D eigenvalue weighted by Crippen LogP contribution is 2.43. The summed E-state index contributed by atoms with van der Waals surface area (Å²) in [6.07, 6.45) is 0. The minimum absolute atomic E-state index is 0.0654. The quantitative estimate of drug-likeness (QED) is 0.755. The van der Waals surface area contributed by atoms with Gasteiger partial charge in [0.05, 0.1) is 11.4 Å². The van der Waals surface area contributed by atoms with E-state index in [1.165, 1.54) is 0 Å². The average molecular weight is 346 g/mol. The molecule has 26 heavy (non-hydrogen) atoms. The van der Waals surface area contributed by atoms with Crippen LogP contribution in [-0.4, -0.2) is 23.7 Å². The van der Waals surface area contributed by atoms with Gasteiger partial charge in [0.1, 0.15) is 11.4 Å². The summed E-state index contributed by atoms with van der Waals surface area (Å²) >= 11 is 0. The Morgan fingerprint density at radius 1 is 0.615 bits per heavy atom. The van der Waals surface area contributed by atoms with Gasteiger partial charge in [0.15, 0.2) is 0 Å². The summed E-state index contributed by atoms with van der Waals surface area (Å²) in [6, 6.07) is 15.3. The molecule has 0 radical (unpaired) electrons. The van der Waals surface area contributed by atoms with Gasteiger partial charge in [-0.1, -0.05) is 24.3 Å².